The van der Waals surface area contributed by atoms with E-state index in [4.69, 9.17) is 0 Å². The van der Waals surface area contributed by atoms with Gasteiger partial charge in [0.2, 0.25) is 0 Å². The van der Waals surface area contributed by atoms with Gasteiger partial charge in [-0.15, -0.1) is 24.9 Å². The molecule has 1 saturated heterocycles. The third kappa shape index (κ3) is 3.55. The Bertz CT molecular complexity index is 434. The summed E-state index contributed by atoms with van der Waals surface area (Å²) < 4.78 is 40.3. The number of alkyl halides is 3. The average Bonchev–Trinajstić information content (AvgIpc) is 2.57. The summed E-state index contributed by atoms with van der Waals surface area (Å²) in [5.74, 6) is 0.745. The van der Waals surface area contributed by atoms with E-state index in [1.54, 1.807) is 23.9 Å². The van der Waals surface area contributed by atoms with Gasteiger partial charge in [0.1, 0.15) is 5.75 Å². The highest BCUT2D eigenvalue weighted by Crippen LogP contribution is 2.38. The summed E-state index contributed by atoms with van der Waals surface area (Å²) in [5, 5.41) is 3.37. The van der Waals surface area contributed by atoms with Crippen molar-refractivity contribution in [2.75, 3.05) is 5.75 Å². The first-order valence-electron chi connectivity index (χ1n) is 5.50. The van der Waals surface area contributed by atoms with Gasteiger partial charge in [-0.1, -0.05) is 12.1 Å². The Labute approximate surface area is 108 Å². The predicted octanol–water partition coefficient (Wildman–Crippen LogP) is 3.70. The second kappa shape index (κ2) is 4.66. The molecule has 0 bridgehead atoms. The highest BCUT2D eigenvalue weighted by molar-refractivity contribution is 7.99. The van der Waals surface area contributed by atoms with Crippen LogP contribution in [0.15, 0.2) is 24.3 Å². The van der Waals surface area contributed by atoms with Crippen molar-refractivity contribution in [3.05, 3.63) is 29.8 Å². The largest absolute Gasteiger partial charge is 0.573 e. The Kier molecular flexibility index (Phi) is 3.51. The van der Waals surface area contributed by atoms with Gasteiger partial charge in [0.05, 0.1) is 5.37 Å². The zero-order valence-electron chi connectivity index (χ0n) is 10.0. The van der Waals surface area contributed by atoms with Crippen LogP contribution in [-0.2, 0) is 0 Å². The van der Waals surface area contributed by atoms with Crippen molar-refractivity contribution in [1.82, 2.24) is 5.32 Å². The van der Waals surface area contributed by atoms with E-state index in [2.05, 4.69) is 23.9 Å². The van der Waals surface area contributed by atoms with Crippen molar-refractivity contribution in [2.45, 2.75) is 31.1 Å². The molecule has 1 aliphatic heterocycles. The lowest BCUT2D eigenvalue weighted by molar-refractivity contribution is -0.274. The number of thioether (sulfide) groups is 1. The number of halogens is 3. The minimum atomic E-state index is -4.64. The minimum absolute atomic E-state index is 0.00375. The molecule has 1 aromatic carbocycles. The molecule has 100 valence electrons. The van der Waals surface area contributed by atoms with Crippen LogP contribution < -0.4 is 10.1 Å². The summed E-state index contributed by atoms with van der Waals surface area (Å²) in [6, 6.07) is 6.11. The highest BCUT2D eigenvalue weighted by atomic mass is 32.2. The molecule has 0 amide bonds. The van der Waals surface area contributed by atoms with Gasteiger partial charge in [0.15, 0.2) is 0 Å². The van der Waals surface area contributed by atoms with Crippen LogP contribution in [0.5, 0.6) is 5.75 Å². The Morgan fingerprint density at radius 1 is 1.39 bits per heavy atom. The van der Waals surface area contributed by atoms with Crippen molar-refractivity contribution in [2.24, 2.45) is 0 Å². The fourth-order valence-corrected chi connectivity index (χ4v) is 3.19. The summed E-state index contributed by atoms with van der Waals surface area (Å²) in [6.45, 7) is 4.13. The van der Waals surface area contributed by atoms with Gasteiger partial charge in [-0.3, -0.25) is 5.32 Å². The Morgan fingerprint density at radius 3 is 2.67 bits per heavy atom. The van der Waals surface area contributed by atoms with E-state index < -0.39 is 6.36 Å². The normalized spacial score (nSPS) is 23.1. The molecular formula is C12H14F3NOS. The number of hydrogen-bond donors (Lipinski definition) is 1. The SMILES string of the molecule is CC1(C)CSC(c2cccc(OC(F)(F)F)c2)N1. The van der Waals surface area contributed by atoms with Crippen LogP contribution in [-0.4, -0.2) is 17.7 Å². The maximum Gasteiger partial charge on any atom is 0.573 e. The van der Waals surface area contributed by atoms with Gasteiger partial charge >= 0.3 is 6.36 Å². The van der Waals surface area contributed by atoms with E-state index in [0.29, 0.717) is 0 Å². The summed E-state index contributed by atoms with van der Waals surface area (Å²) >= 11 is 1.68. The Morgan fingerprint density at radius 2 is 2.11 bits per heavy atom. The van der Waals surface area contributed by atoms with Crippen LogP contribution in [0.3, 0.4) is 0 Å². The van der Waals surface area contributed by atoms with Gasteiger partial charge < -0.3 is 4.74 Å². The van der Waals surface area contributed by atoms with Gasteiger partial charge in [-0.05, 0) is 31.5 Å². The zero-order valence-corrected chi connectivity index (χ0v) is 10.9. The summed E-state index contributed by atoms with van der Waals surface area (Å²) in [5.41, 5.74) is 0.795. The van der Waals surface area contributed by atoms with Crippen molar-refractivity contribution in [3.63, 3.8) is 0 Å². The fraction of sp³-hybridized carbons (Fsp3) is 0.500. The molecular weight excluding hydrogens is 263 g/mol. The van der Waals surface area contributed by atoms with Crippen LogP contribution in [0.2, 0.25) is 0 Å². The molecule has 0 saturated carbocycles. The monoisotopic (exact) mass is 277 g/mol. The van der Waals surface area contributed by atoms with Gasteiger partial charge in [0, 0.05) is 11.3 Å². The number of ether oxygens (including phenoxy) is 1. The lowest BCUT2D eigenvalue weighted by atomic mass is 10.1. The lowest BCUT2D eigenvalue weighted by Crippen LogP contribution is -2.35. The second-order valence-corrected chi connectivity index (χ2v) is 5.93. The molecule has 1 atom stereocenters. The number of rotatable bonds is 2. The van der Waals surface area contributed by atoms with Crippen LogP contribution in [0.4, 0.5) is 13.2 Å². The molecule has 1 fully saturated rings. The van der Waals surface area contributed by atoms with Crippen molar-refractivity contribution < 1.29 is 17.9 Å². The van der Waals surface area contributed by atoms with Gasteiger partial charge in [-0.25, -0.2) is 0 Å². The smallest absolute Gasteiger partial charge is 0.406 e. The average molecular weight is 277 g/mol. The maximum atomic E-state index is 12.1. The zero-order chi connectivity index (χ0) is 13.4. The number of hydrogen-bond acceptors (Lipinski definition) is 3. The quantitative estimate of drug-likeness (QED) is 0.890. The Balaban J connectivity index is 2.13. The molecule has 0 spiro atoms. The summed E-state index contributed by atoms with van der Waals surface area (Å²) in [4.78, 5) is 0. The summed E-state index contributed by atoms with van der Waals surface area (Å²) in [7, 11) is 0. The molecule has 2 rings (SSSR count). The summed E-state index contributed by atoms with van der Waals surface area (Å²) in [6.07, 6.45) is -4.64. The van der Waals surface area contributed by atoms with E-state index in [1.807, 2.05) is 0 Å². The molecule has 18 heavy (non-hydrogen) atoms. The first-order chi connectivity index (χ1) is 8.25. The van der Waals surface area contributed by atoms with Crippen molar-refractivity contribution in [3.8, 4) is 5.75 Å². The van der Waals surface area contributed by atoms with E-state index in [0.717, 1.165) is 11.3 Å². The molecule has 1 aliphatic rings. The molecule has 1 heterocycles. The molecule has 2 nitrogen and oxygen atoms in total. The van der Waals surface area contributed by atoms with E-state index in [9.17, 15) is 13.2 Å². The van der Waals surface area contributed by atoms with Gasteiger partial charge in [0.25, 0.3) is 0 Å². The van der Waals surface area contributed by atoms with Crippen molar-refractivity contribution >= 4 is 11.8 Å². The topological polar surface area (TPSA) is 21.3 Å². The van der Waals surface area contributed by atoms with Crippen LogP contribution in [0.1, 0.15) is 24.8 Å². The van der Waals surface area contributed by atoms with Crippen LogP contribution in [0, 0.1) is 0 Å². The number of nitrogens with one attached hydrogen (secondary N) is 1. The first kappa shape index (κ1) is 13.5. The van der Waals surface area contributed by atoms with Crippen LogP contribution >= 0.6 is 11.8 Å². The molecule has 6 heteroatoms. The van der Waals surface area contributed by atoms with Crippen LogP contribution in [0.25, 0.3) is 0 Å². The minimum Gasteiger partial charge on any atom is -0.406 e. The standard InChI is InChI=1S/C12H14F3NOS/c1-11(2)7-18-10(16-11)8-4-3-5-9(6-8)17-12(13,14)15/h3-6,10,16H,7H2,1-2H3. The maximum absolute atomic E-state index is 12.1. The fourth-order valence-electron chi connectivity index (χ4n) is 1.78. The first-order valence-corrected chi connectivity index (χ1v) is 6.55. The molecule has 0 aromatic heterocycles. The highest BCUT2D eigenvalue weighted by Gasteiger charge is 2.33. The second-order valence-electron chi connectivity index (χ2n) is 4.84. The molecule has 0 aliphatic carbocycles. The molecule has 1 unspecified atom stereocenters. The van der Waals surface area contributed by atoms with E-state index >= 15 is 0 Å². The van der Waals surface area contributed by atoms with E-state index in [1.165, 1.54) is 12.1 Å². The number of benzene rings is 1. The Hall–Kier alpha value is -0.880. The third-order valence-corrected chi connectivity index (χ3v) is 4.14. The molecule has 0 radical (unpaired) electrons. The van der Waals surface area contributed by atoms with Gasteiger partial charge in [-0.2, -0.15) is 0 Å². The predicted molar refractivity (Wildman–Crippen MR) is 65.5 cm³/mol. The molecule has 1 N–H and O–H groups in total. The lowest BCUT2D eigenvalue weighted by Gasteiger charge is -2.19. The third-order valence-electron chi connectivity index (χ3n) is 2.53. The molecule has 1 aromatic rings. The van der Waals surface area contributed by atoms with Crippen molar-refractivity contribution in [1.29, 1.82) is 0 Å². The van der Waals surface area contributed by atoms with E-state index in [-0.39, 0.29) is 16.7 Å².